The van der Waals surface area contributed by atoms with Crippen LogP contribution in [0.3, 0.4) is 0 Å². The molecule has 2 heterocycles. The first-order chi connectivity index (χ1) is 19.1. The zero-order valence-corrected chi connectivity index (χ0v) is 22.7. The fourth-order valence-electron chi connectivity index (χ4n) is 7.51. The molecule has 2 aliphatic heterocycles. The van der Waals surface area contributed by atoms with Gasteiger partial charge in [0.2, 0.25) is 0 Å². The van der Waals surface area contributed by atoms with Gasteiger partial charge in [-0.1, -0.05) is 42.5 Å². The van der Waals surface area contributed by atoms with Crippen LogP contribution < -0.4 is 10.6 Å². The molecule has 4 aliphatic rings. The highest BCUT2D eigenvalue weighted by atomic mass is 16.3. The number of nitrogens with zero attached hydrogens (tertiary/aromatic N) is 2. The lowest BCUT2D eigenvalue weighted by molar-refractivity contribution is -0.153. The zero-order valence-electron chi connectivity index (χ0n) is 22.7. The first-order valence-corrected chi connectivity index (χ1v) is 14.0. The minimum Gasteiger partial charge on any atom is -0.507 e. The SMILES string of the molecule is C=C1CCC2(O)C3Cc4ccc(C(=O)NCCc5ccc(C6C=NC(=O)NC6O)cc5)c(O)c4C2(CCN3C)C1. The van der Waals surface area contributed by atoms with Gasteiger partial charge < -0.3 is 30.9 Å². The van der Waals surface area contributed by atoms with Crippen molar-refractivity contribution < 1.29 is 24.9 Å². The molecular formula is C31H36N4O5. The van der Waals surface area contributed by atoms with Crippen LogP contribution in [-0.2, 0) is 18.3 Å². The molecule has 3 amide bonds. The van der Waals surface area contributed by atoms with Gasteiger partial charge in [-0.05, 0) is 74.9 Å². The van der Waals surface area contributed by atoms with Crippen LogP contribution in [0.5, 0.6) is 5.75 Å². The summed E-state index contributed by atoms with van der Waals surface area (Å²) in [5.74, 6) is -0.786. The maximum atomic E-state index is 13.3. The van der Waals surface area contributed by atoms with Crippen LogP contribution in [0.25, 0.3) is 0 Å². The number of amides is 3. The van der Waals surface area contributed by atoms with E-state index >= 15 is 0 Å². The minimum absolute atomic E-state index is 0.0183. The van der Waals surface area contributed by atoms with Crippen molar-refractivity contribution in [2.75, 3.05) is 20.1 Å². The van der Waals surface area contributed by atoms with E-state index in [1.807, 2.05) is 30.3 Å². The quantitative estimate of drug-likeness (QED) is 0.367. The average molecular weight is 545 g/mol. The van der Waals surface area contributed by atoms with Gasteiger partial charge in [-0.3, -0.25) is 4.79 Å². The Morgan fingerprint density at radius 1 is 1.23 bits per heavy atom. The van der Waals surface area contributed by atoms with Crippen LogP contribution >= 0.6 is 0 Å². The summed E-state index contributed by atoms with van der Waals surface area (Å²) in [7, 11) is 2.06. The van der Waals surface area contributed by atoms with E-state index in [9.17, 15) is 24.9 Å². The Hall–Kier alpha value is -3.53. The number of fused-ring (bicyclic) bond motifs is 1. The summed E-state index contributed by atoms with van der Waals surface area (Å²) in [5.41, 5.74) is 3.23. The number of hydrogen-bond acceptors (Lipinski definition) is 6. The van der Waals surface area contributed by atoms with Crippen molar-refractivity contribution in [3.05, 3.63) is 76.4 Å². The molecule has 2 aliphatic carbocycles. The number of aliphatic imine (C=N–C) groups is 1. The molecule has 40 heavy (non-hydrogen) atoms. The predicted molar refractivity (Wildman–Crippen MR) is 151 cm³/mol. The van der Waals surface area contributed by atoms with E-state index < -0.39 is 29.2 Å². The Labute approximate surface area is 233 Å². The lowest BCUT2D eigenvalue weighted by atomic mass is 9.48. The summed E-state index contributed by atoms with van der Waals surface area (Å²) in [5, 5.41) is 39.1. The molecule has 2 bridgehead atoms. The maximum Gasteiger partial charge on any atom is 0.342 e. The summed E-state index contributed by atoms with van der Waals surface area (Å²) in [6.45, 7) is 5.43. The molecule has 0 aromatic heterocycles. The monoisotopic (exact) mass is 544 g/mol. The molecule has 0 spiro atoms. The molecule has 6 rings (SSSR count). The number of piperidine rings is 1. The van der Waals surface area contributed by atoms with Crippen molar-refractivity contribution in [2.45, 2.75) is 67.7 Å². The van der Waals surface area contributed by atoms with E-state index in [1.165, 1.54) is 6.21 Å². The van der Waals surface area contributed by atoms with Crippen LogP contribution in [0.15, 0.2) is 53.5 Å². The number of carbonyl (C=O) groups excluding carboxylic acids is 2. The molecule has 9 nitrogen and oxygen atoms in total. The number of hydrogen-bond donors (Lipinski definition) is 5. The van der Waals surface area contributed by atoms with Crippen molar-refractivity contribution in [1.29, 1.82) is 0 Å². The molecule has 5 atom stereocenters. The van der Waals surface area contributed by atoms with Gasteiger partial charge in [-0.2, -0.15) is 0 Å². The number of aromatic hydroxyl groups is 1. The van der Waals surface area contributed by atoms with Crippen molar-refractivity contribution >= 4 is 18.2 Å². The average Bonchev–Trinajstić information content (AvgIpc) is 2.92. The summed E-state index contributed by atoms with van der Waals surface area (Å²) < 4.78 is 0. The number of nitrogens with one attached hydrogen (secondary N) is 2. The second-order valence-corrected chi connectivity index (χ2v) is 11.8. The lowest BCUT2D eigenvalue weighted by Gasteiger charge is -2.63. The van der Waals surface area contributed by atoms with Gasteiger partial charge in [0.15, 0.2) is 0 Å². The number of likely N-dealkylation sites (tertiary alicyclic amines) is 1. The number of urea groups is 1. The Morgan fingerprint density at radius 3 is 2.75 bits per heavy atom. The molecule has 9 heteroatoms. The summed E-state index contributed by atoms with van der Waals surface area (Å²) >= 11 is 0. The largest absolute Gasteiger partial charge is 0.507 e. The third-order valence-electron chi connectivity index (χ3n) is 9.64. The molecular weight excluding hydrogens is 508 g/mol. The van der Waals surface area contributed by atoms with Gasteiger partial charge in [-0.15, -0.1) is 0 Å². The Balaban J connectivity index is 1.18. The molecule has 1 saturated carbocycles. The number of rotatable bonds is 5. The second-order valence-electron chi connectivity index (χ2n) is 11.8. The van der Waals surface area contributed by atoms with Crippen molar-refractivity contribution in [1.82, 2.24) is 15.5 Å². The molecule has 2 aromatic carbocycles. The van der Waals surface area contributed by atoms with Crippen molar-refractivity contribution in [2.24, 2.45) is 4.99 Å². The second kappa shape index (κ2) is 9.83. The number of allylic oxidation sites excluding steroid dienone is 1. The predicted octanol–water partition coefficient (Wildman–Crippen LogP) is 2.53. The van der Waals surface area contributed by atoms with Gasteiger partial charge >= 0.3 is 6.03 Å². The Morgan fingerprint density at radius 2 is 2.00 bits per heavy atom. The lowest BCUT2D eigenvalue weighted by Crippen LogP contribution is -2.71. The van der Waals surface area contributed by atoms with E-state index in [0.717, 1.165) is 40.8 Å². The maximum absolute atomic E-state index is 13.3. The Kier molecular flexibility index (Phi) is 6.56. The third-order valence-corrected chi connectivity index (χ3v) is 9.64. The highest BCUT2D eigenvalue weighted by Gasteiger charge is 2.64. The van der Waals surface area contributed by atoms with E-state index in [2.05, 4.69) is 34.2 Å². The normalized spacial score (nSPS) is 31.2. The van der Waals surface area contributed by atoms with Gasteiger partial charge in [0.05, 0.1) is 17.1 Å². The number of benzene rings is 2. The van der Waals surface area contributed by atoms with E-state index in [4.69, 9.17) is 0 Å². The summed E-state index contributed by atoms with van der Waals surface area (Å²) in [4.78, 5) is 30.5. The summed E-state index contributed by atoms with van der Waals surface area (Å²) in [6.07, 6.45) is 4.33. The smallest absolute Gasteiger partial charge is 0.342 e. The topological polar surface area (TPSA) is 134 Å². The molecule has 5 unspecified atom stereocenters. The number of carbonyl (C=O) groups is 2. The third kappa shape index (κ3) is 4.15. The molecule has 5 N–H and O–H groups in total. The fraction of sp³-hybridized carbons (Fsp3) is 0.452. The summed E-state index contributed by atoms with van der Waals surface area (Å²) in [6, 6.07) is 10.6. The van der Waals surface area contributed by atoms with E-state index in [0.29, 0.717) is 38.6 Å². The molecule has 2 fully saturated rings. The van der Waals surface area contributed by atoms with Crippen molar-refractivity contribution in [3.8, 4) is 5.75 Å². The fourth-order valence-corrected chi connectivity index (χ4v) is 7.51. The van der Waals surface area contributed by atoms with Gasteiger partial charge in [0, 0.05) is 29.8 Å². The van der Waals surface area contributed by atoms with Crippen LogP contribution in [0, 0.1) is 0 Å². The first-order valence-electron chi connectivity index (χ1n) is 14.0. The minimum atomic E-state index is -1.03. The Bertz CT molecular complexity index is 1410. The van der Waals surface area contributed by atoms with E-state index in [-0.39, 0.29) is 23.3 Å². The van der Waals surface area contributed by atoms with Gasteiger partial charge in [0.1, 0.15) is 12.0 Å². The number of phenolic OH excluding ortho intramolecular Hbond substituents is 1. The molecule has 0 radical (unpaired) electrons. The number of aliphatic hydroxyl groups excluding tert-OH is 1. The van der Waals surface area contributed by atoms with Gasteiger partial charge in [0.25, 0.3) is 5.91 Å². The first kappa shape index (κ1) is 26.7. The highest BCUT2D eigenvalue weighted by molar-refractivity contribution is 5.97. The molecule has 210 valence electrons. The van der Waals surface area contributed by atoms with Crippen molar-refractivity contribution in [3.63, 3.8) is 0 Å². The van der Waals surface area contributed by atoms with Gasteiger partial charge in [-0.25, -0.2) is 9.79 Å². The van der Waals surface area contributed by atoms with Crippen LogP contribution in [0.1, 0.15) is 64.2 Å². The zero-order chi connectivity index (χ0) is 28.2. The standard InChI is InChI=1S/C31H36N4O5/c1-18-9-11-31(40)24-15-21-7-8-22(26(36)25(21)30(31,16-18)12-14-35(24)2)27(37)32-13-10-19-3-5-20(6-4-19)23-17-33-29(39)34-28(23)38/h3-8,17,23-24,28,36,38,40H,1,9-16H2,2H3,(H,32,37)(H,34,39). The van der Waals surface area contributed by atoms with Crippen LogP contribution in [0.4, 0.5) is 4.79 Å². The van der Waals surface area contributed by atoms with E-state index in [1.54, 1.807) is 6.07 Å². The van der Waals surface area contributed by atoms with Crippen LogP contribution in [-0.4, -0.2) is 76.4 Å². The van der Waals surface area contributed by atoms with Crippen LogP contribution in [0.2, 0.25) is 0 Å². The number of phenols is 1. The number of aliphatic hydroxyl groups is 2. The molecule has 1 saturated heterocycles. The molecule has 2 aromatic rings. The highest BCUT2D eigenvalue weighted by Crippen LogP contribution is 2.60. The number of likely N-dealkylation sites (N-methyl/N-ethyl adjacent to an activating group) is 1.